The van der Waals surface area contributed by atoms with Crippen LogP contribution in [0.25, 0.3) is 0 Å². The number of carboxylic acids is 1. The van der Waals surface area contributed by atoms with Crippen molar-refractivity contribution in [2.24, 2.45) is 0 Å². The second-order valence-electron chi connectivity index (χ2n) is 8.24. The van der Waals surface area contributed by atoms with Crippen LogP contribution in [0, 0.1) is 0 Å². The summed E-state index contributed by atoms with van der Waals surface area (Å²) in [7, 11) is 1.67. The Kier molecular flexibility index (Phi) is 5.61. The van der Waals surface area contributed by atoms with Crippen LogP contribution in [0.1, 0.15) is 60.8 Å². The molecule has 154 valence electrons. The highest BCUT2D eigenvalue weighted by Crippen LogP contribution is 2.49. The molecule has 0 aliphatic carbocycles. The standard InChI is InChI=1S/C24H29NO4/c1-16(23(26)27)18-9-10-21(28-2)20(13-18)19-14-24(29-15-19)11-6-12-25-22(24)17-7-4-3-5-8-17/h3-5,7-10,13,16,19,22,25H,6,11-12,14-15H2,1-2H3,(H,26,27). The van der Waals surface area contributed by atoms with Crippen LogP contribution in [0.5, 0.6) is 5.75 Å². The number of benzene rings is 2. The second kappa shape index (κ2) is 8.17. The second-order valence-corrected chi connectivity index (χ2v) is 8.24. The summed E-state index contributed by atoms with van der Waals surface area (Å²) in [5.41, 5.74) is 2.86. The fourth-order valence-corrected chi connectivity index (χ4v) is 4.89. The minimum Gasteiger partial charge on any atom is -0.496 e. The normalized spacial score (nSPS) is 27.7. The smallest absolute Gasteiger partial charge is 0.310 e. The maximum atomic E-state index is 11.5. The van der Waals surface area contributed by atoms with Crippen LogP contribution in [0.4, 0.5) is 0 Å². The summed E-state index contributed by atoms with van der Waals surface area (Å²) in [6, 6.07) is 16.4. The Bertz CT molecular complexity index is 868. The van der Waals surface area contributed by atoms with Gasteiger partial charge >= 0.3 is 5.97 Å². The number of ether oxygens (including phenoxy) is 2. The lowest BCUT2D eigenvalue weighted by atomic mass is 9.76. The molecule has 0 radical (unpaired) electrons. The van der Waals surface area contributed by atoms with Gasteiger partial charge in [-0.05, 0) is 55.5 Å². The van der Waals surface area contributed by atoms with Crippen LogP contribution in [-0.4, -0.2) is 36.9 Å². The van der Waals surface area contributed by atoms with Crippen molar-refractivity contribution in [1.82, 2.24) is 5.32 Å². The molecular weight excluding hydrogens is 366 g/mol. The molecule has 2 heterocycles. The van der Waals surface area contributed by atoms with Gasteiger partial charge < -0.3 is 19.9 Å². The van der Waals surface area contributed by atoms with Crippen LogP contribution in [-0.2, 0) is 9.53 Å². The lowest BCUT2D eigenvalue weighted by molar-refractivity contribution is -0.138. The Morgan fingerprint density at radius 3 is 2.79 bits per heavy atom. The molecule has 2 aliphatic heterocycles. The summed E-state index contributed by atoms with van der Waals surface area (Å²) in [5.74, 6) is -0.390. The van der Waals surface area contributed by atoms with Crippen molar-refractivity contribution >= 4 is 5.97 Å². The summed E-state index contributed by atoms with van der Waals surface area (Å²) < 4.78 is 12.2. The topological polar surface area (TPSA) is 67.8 Å². The quantitative estimate of drug-likeness (QED) is 0.792. The van der Waals surface area contributed by atoms with Crippen LogP contribution in [0.15, 0.2) is 48.5 Å². The number of rotatable bonds is 5. The van der Waals surface area contributed by atoms with Gasteiger partial charge in [0.05, 0.1) is 31.3 Å². The molecule has 2 aliphatic rings. The van der Waals surface area contributed by atoms with Gasteiger partial charge in [0.15, 0.2) is 0 Å². The number of hydrogen-bond acceptors (Lipinski definition) is 4. The Balaban J connectivity index is 1.65. The van der Waals surface area contributed by atoms with E-state index in [-0.39, 0.29) is 17.6 Å². The number of aliphatic carboxylic acids is 1. The van der Waals surface area contributed by atoms with E-state index in [1.54, 1.807) is 14.0 Å². The van der Waals surface area contributed by atoms with Crippen molar-refractivity contribution in [1.29, 1.82) is 0 Å². The number of piperidine rings is 1. The first-order valence-corrected chi connectivity index (χ1v) is 10.4. The van der Waals surface area contributed by atoms with Crippen molar-refractivity contribution in [2.45, 2.75) is 49.7 Å². The van der Waals surface area contributed by atoms with E-state index in [1.807, 2.05) is 24.3 Å². The third-order valence-corrected chi connectivity index (χ3v) is 6.51. The number of methoxy groups -OCH3 is 1. The first-order valence-electron chi connectivity index (χ1n) is 10.4. The van der Waals surface area contributed by atoms with Gasteiger partial charge in [-0.1, -0.05) is 42.5 Å². The molecule has 0 bridgehead atoms. The Morgan fingerprint density at radius 1 is 1.28 bits per heavy atom. The van der Waals surface area contributed by atoms with Gasteiger partial charge in [0.2, 0.25) is 0 Å². The van der Waals surface area contributed by atoms with Crippen LogP contribution in [0.2, 0.25) is 0 Å². The summed E-state index contributed by atoms with van der Waals surface area (Å²) in [6.07, 6.45) is 2.99. The molecule has 1 spiro atoms. The number of carbonyl (C=O) groups is 1. The predicted octanol–water partition coefficient (Wildman–Crippen LogP) is 4.25. The van der Waals surface area contributed by atoms with Gasteiger partial charge in [-0.3, -0.25) is 4.79 Å². The van der Waals surface area contributed by atoms with Crippen LogP contribution in [0.3, 0.4) is 0 Å². The highest BCUT2D eigenvalue weighted by Gasteiger charge is 2.49. The minimum atomic E-state index is -0.819. The molecular formula is C24H29NO4. The van der Waals surface area contributed by atoms with E-state index in [1.165, 1.54) is 5.56 Å². The molecule has 2 fully saturated rings. The SMILES string of the molecule is COc1ccc(C(C)C(=O)O)cc1C1COC2(CCCNC2c2ccccc2)C1. The Hall–Kier alpha value is -2.37. The maximum Gasteiger partial charge on any atom is 0.310 e. The highest BCUT2D eigenvalue weighted by atomic mass is 16.5. The third-order valence-electron chi connectivity index (χ3n) is 6.51. The van der Waals surface area contributed by atoms with E-state index in [9.17, 15) is 9.90 Å². The molecule has 2 aromatic carbocycles. The zero-order valence-electron chi connectivity index (χ0n) is 17.1. The average molecular weight is 395 g/mol. The van der Waals surface area contributed by atoms with Crippen molar-refractivity contribution in [3.8, 4) is 5.75 Å². The zero-order valence-corrected chi connectivity index (χ0v) is 17.1. The molecule has 4 rings (SSSR count). The van der Waals surface area contributed by atoms with Crippen molar-refractivity contribution in [2.75, 3.05) is 20.3 Å². The van der Waals surface area contributed by atoms with E-state index >= 15 is 0 Å². The van der Waals surface area contributed by atoms with Gasteiger partial charge in [-0.2, -0.15) is 0 Å². The van der Waals surface area contributed by atoms with Crippen molar-refractivity contribution in [3.05, 3.63) is 65.2 Å². The molecule has 29 heavy (non-hydrogen) atoms. The molecule has 0 aromatic heterocycles. The van der Waals surface area contributed by atoms with Gasteiger partial charge in [0.25, 0.3) is 0 Å². The number of carboxylic acid groups (broad SMARTS) is 1. The number of nitrogens with one attached hydrogen (secondary N) is 1. The zero-order chi connectivity index (χ0) is 20.4. The Morgan fingerprint density at radius 2 is 2.07 bits per heavy atom. The summed E-state index contributed by atoms with van der Waals surface area (Å²) >= 11 is 0. The van der Waals surface area contributed by atoms with E-state index in [0.29, 0.717) is 6.61 Å². The van der Waals surface area contributed by atoms with Gasteiger partial charge in [-0.15, -0.1) is 0 Å². The molecule has 4 atom stereocenters. The molecule has 5 heteroatoms. The molecule has 0 amide bonds. The molecule has 2 aromatic rings. The monoisotopic (exact) mass is 395 g/mol. The average Bonchev–Trinajstić information content (AvgIpc) is 3.17. The molecule has 5 nitrogen and oxygen atoms in total. The molecule has 4 unspecified atom stereocenters. The van der Waals surface area contributed by atoms with E-state index in [0.717, 1.165) is 42.7 Å². The van der Waals surface area contributed by atoms with Crippen molar-refractivity contribution < 1.29 is 19.4 Å². The lowest BCUT2D eigenvalue weighted by Gasteiger charge is -2.41. The fraction of sp³-hybridized carbons (Fsp3) is 0.458. The maximum absolute atomic E-state index is 11.5. The van der Waals surface area contributed by atoms with Crippen LogP contribution < -0.4 is 10.1 Å². The Labute approximate surface area is 172 Å². The largest absolute Gasteiger partial charge is 0.496 e. The lowest BCUT2D eigenvalue weighted by Crippen LogP contribution is -2.48. The molecule has 2 N–H and O–H groups in total. The van der Waals surface area contributed by atoms with Crippen LogP contribution >= 0.6 is 0 Å². The summed E-state index contributed by atoms with van der Waals surface area (Å²) in [5, 5.41) is 13.1. The summed E-state index contributed by atoms with van der Waals surface area (Å²) in [6.45, 7) is 3.33. The number of hydrogen-bond donors (Lipinski definition) is 2. The van der Waals surface area contributed by atoms with Gasteiger partial charge in [0, 0.05) is 5.92 Å². The first-order chi connectivity index (χ1) is 14.0. The molecule has 2 saturated heterocycles. The van der Waals surface area contributed by atoms with Crippen molar-refractivity contribution in [3.63, 3.8) is 0 Å². The first kappa shape index (κ1) is 19.9. The van der Waals surface area contributed by atoms with E-state index in [4.69, 9.17) is 9.47 Å². The summed E-state index contributed by atoms with van der Waals surface area (Å²) in [4.78, 5) is 11.5. The van der Waals surface area contributed by atoms with Gasteiger partial charge in [-0.25, -0.2) is 0 Å². The third kappa shape index (κ3) is 3.77. The minimum absolute atomic E-state index is 0.162. The van der Waals surface area contributed by atoms with Gasteiger partial charge in [0.1, 0.15) is 5.75 Å². The highest BCUT2D eigenvalue weighted by molar-refractivity contribution is 5.75. The molecule has 0 saturated carbocycles. The predicted molar refractivity (Wildman–Crippen MR) is 112 cm³/mol. The van der Waals surface area contributed by atoms with E-state index in [2.05, 4.69) is 29.6 Å². The fourth-order valence-electron chi connectivity index (χ4n) is 4.89. The van der Waals surface area contributed by atoms with E-state index < -0.39 is 11.9 Å².